The fourth-order valence-corrected chi connectivity index (χ4v) is 14.5. The van der Waals surface area contributed by atoms with Gasteiger partial charge in [0.2, 0.25) is 0 Å². The highest BCUT2D eigenvalue weighted by molar-refractivity contribution is 7.20. The van der Waals surface area contributed by atoms with Crippen LogP contribution in [0.4, 0.5) is 0 Å². The Labute approximate surface area is 336 Å². The van der Waals surface area contributed by atoms with Crippen LogP contribution in [0.3, 0.4) is 0 Å². The maximum Gasteiger partial charge on any atom is 0.179 e. The van der Waals surface area contributed by atoms with E-state index in [2.05, 4.69) is 221 Å². The topological polar surface area (TPSA) is 23.0 Å². The van der Waals surface area contributed by atoms with E-state index in [1.54, 1.807) is 0 Å². The van der Waals surface area contributed by atoms with Crippen LogP contribution in [0.2, 0.25) is 0 Å². The van der Waals surface area contributed by atoms with Crippen LogP contribution in [-0.4, -0.2) is 17.2 Å². The van der Waals surface area contributed by atoms with Gasteiger partial charge in [-0.05, 0) is 75.3 Å². The number of aromatic nitrogens is 2. The summed E-state index contributed by atoms with van der Waals surface area (Å²) in [5.41, 5.74) is 8.76. The van der Waals surface area contributed by atoms with Crippen molar-refractivity contribution in [2.45, 2.75) is 0 Å². The van der Waals surface area contributed by atoms with Crippen molar-refractivity contribution in [2.24, 2.45) is 0 Å². The van der Waals surface area contributed by atoms with Crippen LogP contribution in [-0.2, 0) is 0 Å². The largest absolute Gasteiger partial charge is 0.454 e. The fraction of sp³-hybridized carbons (Fsp3) is 0. The molecule has 9 aromatic carbocycles. The zero-order chi connectivity index (χ0) is 38.2. The monoisotopic (exact) mass is 756 g/mol. The van der Waals surface area contributed by atoms with Crippen molar-refractivity contribution < 1.29 is 4.42 Å². The molecule has 0 fully saturated rings. The molecule has 3 nitrogen and oxygen atoms in total. The van der Waals surface area contributed by atoms with E-state index >= 15 is 0 Å². The summed E-state index contributed by atoms with van der Waals surface area (Å²) >= 11 is 0. The van der Waals surface area contributed by atoms with Gasteiger partial charge in [0.1, 0.15) is 5.58 Å². The SMILES string of the molecule is c1ccc(-n2c3ccccc3c3ccc([Si](c4ccccc4)(c4ccccc4)c4ccc(-n5c6ccccc6c6ccc7c8ccccc8oc7c65)cc4)cc32)cc1. The molecule has 0 N–H and O–H groups in total. The van der Waals surface area contributed by atoms with Gasteiger partial charge in [0, 0.05) is 43.7 Å². The Morgan fingerprint density at radius 1 is 0.310 bits per heavy atom. The van der Waals surface area contributed by atoms with Crippen molar-refractivity contribution in [3.05, 3.63) is 218 Å². The minimum Gasteiger partial charge on any atom is -0.454 e. The highest BCUT2D eigenvalue weighted by Gasteiger charge is 2.42. The second-order valence-electron chi connectivity index (χ2n) is 15.2. The number of hydrogen-bond acceptors (Lipinski definition) is 1. The number of rotatable bonds is 6. The summed E-state index contributed by atoms with van der Waals surface area (Å²) in [4.78, 5) is 0. The summed E-state index contributed by atoms with van der Waals surface area (Å²) in [7, 11) is -2.91. The summed E-state index contributed by atoms with van der Waals surface area (Å²) < 4.78 is 11.5. The molecule has 0 aliphatic carbocycles. The second kappa shape index (κ2) is 12.8. The molecule has 0 aliphatic rings. The van der Waals surface area contributed by atoms with Crippen LogP contribution in [0.5, 0.6) is 0 Å². The van der Waals surface area contributed by atoms with Gasteiger partial charge in [0.25, 0.3) is 0 Å². The molecule has 0 saturated heterocycles. The van der Waals surface area contributed by atoms with Gasteiger partial charge >= 0.3 is 0 Å². The van der Waals surface area contributed by atoms with Crippen LogP contribution in [0.1, 0.15) is 0 Å². The molecule has 12 aromatic rings. The van der Waals surface area contributed by atoms with Gasteiger partial charge in [-0.25, -0.2) is 0 Å². The minimum atomic E-state index is -2.91. The van der Waals surface area contributed by atoms with Crippen molar-refractivity contribution >= 4 is 94.4 Å². The predicted molar refractivity (Wildman–Crippen MR) is 246 cm³/mol. The number of furan rings is 1. The van der Waals surface area contributed by atoms with Crippen molar-refractivity contribution in [3.8, 4) is 11.4 Å². The first kappa shape index (κ1) is 32.8. The molecule has 272 valence electrons. The van der Waals surface area contributed by atoms with Gasteiger partial charge < -0.3 is 13.6 Å². The highest BCUT2D eigenvalue weighted by Crippen LogP contribution is 2.40. The van der Waals surface area contributed by atoms with Gasteiger partial charge in [-0.15, -0.1) is 0 Å². The molecule has 0 atom stereocenters. The quantitative estimate of drug-likeness (QED) is 0.122. The standard InChI is InChI=1S/C54H36N2OSi/c1-4-16-37(17-5-1)55-49-25-13-10-22-43(49)45-33-32-42(36-51(45)55)58(39-18-6-2-7-19-39,40-20-8-3-9-21-40)41-30-28-38(29-31-41)56-50-26-14-11-23-44(50)47-34-35-48-46-24-12-15-27-52(46)57-54(48)53(47)56/h1-36H. The van der Waals surface area contributed by atoms with Gasteiger partial charge in [-0.2, -0.15) is 0 Å². The van der Waals surface area contributed by atoms with Gasteiger partial charge in [-0.3, -0.25) is 0 Å². The Kier molecular flexibility index (Phi) is 7.25. The van der Waals surface area contributed by atoms with Crippen molar-refractivity contribution in [2.75, 3.05) is 0 Å². The van der Waals surface area contributed by atoms with Crippen LogP contribution in [0.15, 0.2) is 223 Å². The third kappa shape index (κ3) is 4.67. The summed E-state index contributed by atoms with van der Waals surface area (Å²) in [6, 6.07) is 80.3. The fourth-order valence-electron chi connectivity index (χ4n) is 9.79. The van der Waals surface area contributed by atoms with E-state index in [9.17, 15) is 0 Å². The van der Waals surface area contributed by atoms with E-state index in [1.807, 2.05) is 6.07 Å². The van der Waals surface area contributed by atoms with Crippen LogP contribution in [0, 0.1) is 0 Å². The minimum absolute atomic E-state index is 0.905. The number of nitrogens with zero attached hydrogens (tertiary/aromatic N) is 2. The van der Waals surface area contributed by atoms with E-state index in [1.165, 1.54) is 53.3 Å². The zero-order valence-electron chi connectivity index (χ0n) is 31.6. The summed E-state index contributed by atoms with van der Waals surface area (Å²) in [6.07, 6.45) is 0. The number of para-hydroxylation sites is 4. The van der Waals surface area contributed by atoms with Crippen LogP contribution >= 0.6 is 0 Å². The molecule has 0 saturated carbocycles. The average molecular weight is 757 g/mol. The molecule has 58 heavy (non-hydrogen) atoms. The molecule has 0 unspecified atom stereocenters. The lowest BCUT2D eigenvalue weighted by Gasteiger charge is -2.34. The molecule has 12 rings (SSSR count). The highest BCUT2D eigenvalue weighted by atomic mass is 28.3. The van der Waals surface area contributed by atoms with E-state index < -0.39 is 8.07 Å². The first-order chi connectivity index (χ1) is 28.8. The zero-order valence-corrected chi connectivity index (χ0v) is 32.6. The lowest BCUT2D eigenvalue weighted by molar-refractivity contribution is 0.671. The first-order valence-corrected chi connectivity index (χ1v) is 21.9. The normalized spacial score (nSPS) is 12.1. The van der Waals surface area contributed by atoms with Crippen molar-refractivity contribution in [1.29, 1.82) is 0 Å². The number of hydrogen-bond donors (Lipinski definition) is 0. The predicted octanol–water partition coefficient (Wildman–Crippen LogP) is 11.2. The van der Waals surface area contributed by atoms with Crippen LogP contribution < -0.4 is 20.7 Å². The average Bonchev–Trinajstić information content (AvgIpc) is 3.96. The summed E-state index contributed by atoms with van der Waals surface area (Å²) in [5.74, 6) is 0. The van der Waals surface area contributed by atoms with Gasteiger partial charge in [0.15, 0.2) is 13.7 Å². The smallest absolute Gasteiger partial charge is 0.179 e. The third-order valence-electron chi connectivity index (χ3n) is 12.3. The van der Waals surface area contributed by atoms with Crippen LogP contribution in [0.25, 0.3) is 76.9 Å². The maximum absolute atomic E-state index is 6.69. The lowest BCUT2D eigenvalue weighted by Crippen LogP contribution is -2.74. The molecule has 3 aromatic heterocycles. The summed E-state index contributed by atoms with van der Waals surface area (Å²) in [6.45, 7) is 0. The molecule has 0 amide bonds. The Morgan fingerprint density at radius 2 is 0.776 bits per heavy atom. The lowest BCUT2D eigenvalue weighted by atomic mass is 10.1. The Bertz CT molecular complexity index is 3450. The Hall–Kier alpha value is -7.40. The number of fused-ring (bicyclic) bond motifs is 10. The molecule has 4 heteroatoms. The van der Waals surface area contributed by atoms with Gasteiger partial charge in [-0.1, -0.05) is 164 Å². The van der Waals surface area contributed by atoms with E-state index in [0.29, 0.717) is 0 Å². The molecule has 0 spiro atoms. The molecule has 0 radical (unpaired) electrons. The maximum atomic E-state index is 6.69. The van der Waals surface area contributed by atoms with E-state index in [0.717, 1.165) is 44.3 Å². The first-order valence-electron chi connectivity index (χ1n) is 19.9. The summed E-state index contributed by atoms with van der Waals surface area (Å²) in [5, 5.41) is 12.5. The Balaban J connectivity index is 1.14. The second-order valence-corrected chi connectivity index (χ2v) is 19.0. The Morgan fingerprint density at radius 3 is 1.47 bits per heavy atom. The van der Waals surface area contributed by atoms with Gasteiger partial charge in [0.05, 0.1) is 22.1 Å². The van der Waals surface area contributed by atoms with E-state index in [4.69, 9.17) is 4.42 Å². The van der Waals surface area contributed by atoms with E-state index in [-0.39, 0.29) is 0 Å². The molecule has 0 bridgehead atoms. The molecular weight excluding hydrogens is 721 g/mol. The number of benzene rings is 9. The van der Waals surface area contributed by atoms with Crippen molar-refractivity contribution in [1.82, 2.24) is 9.13 Å². The molecular formula is C54H36N2OSi. The third-order valence-corrected chi connectivity index (χ3v) is 17.0. The van der Waals surface area contributed by atoms with Crippen molar-refractivity contribution in [3.63, 3.8) is 0 Å². The molecule has 0 aliphatic heterocycles. The molecule has 3 heterocycles.